The number of aryl methyl sites for hydroxylation is 1. The minimum absolute atomic E-state index is 0.0535. The zero-order valence-electron chi connectivity index (χ0n) is 15.5. The molecule has 0 radical (unpaired) electrons. The molecular formula is C19H27N3O3S. The normalized spacial score (nSPS) is 21.5. The van der Waals surface area contributed by atoms with Gasteiger partial charge in [-0.05, 0) is 12.5 Å². The lowest BCUT2D eigenvalue weighted by atomic mass is 10.1. The largest absolute Gasteiger partial charge is 0.375 e. The molecule has 142 valence electrons. The molecule has 2 aliphatic rings. The van der Waals surface area contributed by atoms with E-state index in [1.807, 2.05) is 9.80 Å². The highest BCUT2D eigenvalue weighted by Crippen LogP contribution is 2.38. The summed E-state index contributed by atoms with van der Waals surface area (Å²) >= 11 is 1.71. The third kappa shape index (κ3) is 4.58. The maximum Gasteiger partial charge on any atom is 0.248 e. The maximum absolute atomic E-state index is 12.3. The van der Waals surface area contributed by atoms with E-state index in [0.717, 1.165) is 39.3 Å². The van der Waals surface area contributed by atoms with Crippen LogP contribution in [0.15, 0.2) is 24.3 Å². The first-order chi connectivity index (χ1) is 12.6. The number of carbonyl (C=O) groups excluding carboxylic acids is 2. The Bertz CT molecular complexity index is 647. The lowest BCUT2D eigenvalue weighted by Gasteiger charge is -2.36. The predicted octanol–water partition coefficient (Wildman–Crippen LogP) is 1.36. The van der Waals surface area contributed by atoms with E-state index in [0.29, 0.717) is 5.75 Å². The van der Waals surface area contributed by atoms with Gasteiger partial charge in [0.1, 0.15) is 12.0 Å². The van der Waals surface area contributed by atoms with Gasteiger partial charge in [-0.3, -0.25) is 14.5 Å². The number of piperazine rings is 1. The third-order valence-corrected chi connectivity index (χ3v) is 6.20. The first kappa shape index (κ1) is 19.2. The summed E-state index contributed by atoms with van der Waals surface area (Å²) in [7, 11) is 1.55. The molecule has 2 saturated heterocycles. The molecule has 0 spiro atoms. The number of hydrogen-bond acceptors (Lipinski definition) is 5. The summed E-state index contributed by atoms with van der Waals surface area (Å²) in [6.45, 7) is 6.96. The van der Waals surface area contributed by atoms with Crippen LogP contribution in [-0.2, 0) is 14.3 Å². The van der Waals surface area contributed by atoms with Crippen LogP contribution in [0.5, 0.6) is 0 Å². The highest BCUT2D eigenvalue weighted by atomic mass is 32.2. The van der Waals surface area contributed by atoms with Crippen LogP contribution < -0.4 is 0 Å². The summed E-state index contributed by atoms with van der Waals surface area (Å²) in [5.74, 6) is 0.825. The fraction of sp³-hybridized carbons (Fsp3) is 0.579. The Morgan fingerprint density at radius 1 is 1.23 bits per heavy atom. The van der Waals surface area contributed by atoms with Crippen molar-refractivity contribution in [1.82, 2.24) is 14.7 Å². The van der Waals surface area contributed by atoms with Crippen LogP contribution in [0.2, 0.25) is 0 Å². The third-order valence-electron chi connectivity index (χ3n) is 4.95. The Labute approximate surface area is 159 Å². The van der Waals surface area contributed by atoms with Crippen molar-refractivity contribution in [1.29, 1.82) is 0 Å². The molecule has 3 rings (SSSR count). The summed E-state index contributed by atoms with van der Waals surface area (Å²) in [6, 6.07) is 8.42. The van der Waals surface area contributed by atoms with Gasteiger partial charge in [-0.15, -0.1) is 11.8 Å². The number of amides is 2. The van der Waals surface area contributed by atoms with Gasteiger partial charge in [0.05, 0.1) is 5.75 Å². The van der Waals surface area contributed by atoms with Crippen LogP contribution in [0, 0.1) is 6.92 Å². The van der Waals surface area contributed by atoms with E-state index in [4.69, 9.17) is 4.74 Å². The van der Waals surface area contributed by atoms with Crippen LogP contribution in [0.3, 0.4) is 0 Å². The minimum Gasteiger partial charge on any atom is -0.375 e. The number of methoxy groups -OCH3 is 1. The Hall–Kier alpha value is -1.57. The predicted molar refractivity (Wildman–Crippen MR) is 103 cm³/mol. The van der Waals surface area contributed by atoms with E-state index in [2.05, 4.69) is 36.1 Å². The maximum atomic E-state index is 12.3. The van der Waals surface area contributed by atoms with Gasteiger partial charge in [0.2, 0.25) is 11.8 Å². The molecule has 1 atom stereocenters. The Morgan fingerprint density at radius 3 is 2.69 bits per heavy atom. The molecule has 0 saturated carbocycles. The number of thioether (sulfide) groups is 1. The number of nitrogens with zero attached hydrogens (tertiary/aromatic N) is 3. The molecule has 2 amide bonds. The number of benzene rings is 1. The summed E-state index contributed by atoms with van der Waals surface area (Å²) in [5, 5.41) is 0.118. The average Bonchev–Trinajstić information content (AvgIpc) is 3.01. The molecule has 26 heavy (non-hydrogen) atoms. The molecule has 6 nitrogen and oxygen atoms in total. The van der Waals surface area contributed by atoms with Crippen LogP contribution in [0.1, 0.15) is 16.5 Å². The lowest BCUT2D eigenvalue weighted by molar-refractivity contribution is -0.136. The second-order valence-corrected chi connectivity index (χ2v) is 7.89. The van der Waals surface area contributed by atoms with Crippen molar-refractivity contribution >= 4 is 23.6 Å². The molecule has 2 heterocycles. The number of rotatable bonds is 6. The molecule has 1 unspecified atom stereocenters. The van der Waals surface area contributed by atoms with Crippen molar-refractivity contribution in [2.45, 2.75) is 12.3 Å². The van der Waals surface area contributed by atoms with Crippen molar-refractivity contribution in [2.24, 2.45) is 0 Å². The van der Waals surface area contributed by atoms with Gasteiger partial charge >= 0.3 is 0 Å². The fourth-order valence-corrected chi connectivity index (χ4v) is 4.69. The van der Waals surface area contributed by atoms with Crippen LogP contribution in [0.25, 0.3) is 0 Å². The number of ether oxygens (including phenoxy) is 1. The molecule has 0 N–H and O–H groups in total. The van der Waals surface area contributed by atoms with Crippen molar-refractivity contribution in [3.63, 3.8) is 0 Å². The molecule has 2 aliphatic heterocycles. The fourth-order valence-electron chi connectivity index (χ4n) is 3.48. The second kappa shape index (κ2) is 8.88. The molecule has 0 bridgehead atoms. The van der Waals surface area contributed by atoms with E-state index >= 15 is 0 Å². The van der Waals surface area contributed by atoms with Crippen LogP contribution >= 0.6 is 11.8 Å². The van der Waals surface area contributed by atoms with Gasteiger partial charge in [-0.1, -0.05) is 29.8 Å². The molecule has 2 fully saturated rings. The summed E-state index contributed by atoms with van der Waals surface area (Å²) in [5.41, 5.74) is 2.43. The summed E-state index contributed by atoms with van der Waals surface area (Å²) < 4.78 is 4.92. The van der Waals surface area contributed by atoms with Crippen LogP contribution in [-0.4, -0.2) is 85.3 Å². The molecule has 0 aliphatic carbocycles. The van der Waals surface area contributed by atoms with E-state index in [9.17, 15) is 9.59 Å². The SMILES string of the molecule is COCC(=O)N1CCN(CCN2C(=O)CSC2c2cccc(C)c2)CC1. The summed E-state index contributed by atoms with van der Waals surface area (Å²) in [6.07, 6.45) is 0. The quantitative estimate of drug-likeness (QED) is 0.749. The van der Waals surface area contributed by atoms with Gasteiger partial charge in [-0.25, -0.2) is 0 Å². The standard InChI is InChI=1S/C19H27N3O3S/c1-15-4-3-5-16(12-15)19-22(18(24)14-26-19)11-8-20-6-9-21(10-7-20)17(23)13-25-2/h3-5,12,19H,6-11,13-14H2,1-2H3. The van der Waals surface area contributed by atoms with Crippen molar-refractivity contribution in [2.75, 3.05) is 58.7 Å². The molecule has 1 aromatic carbocycles. The molecule has 7 heteroatoms. The van der Waals surface area contributed by atoms with Gasteiger partial charge in [-0.2, -0.15) is 0 Å². The highest BCUT2D eigenvalue weighted by Gasteiger charge is 2.33. The van der Waals surface area contributed by atoms with Gasteiger partial charge in [0.15, 0.2) is 0 Å². The molecule has 1 aromatic rings. The van der Waals surface area contributed by atoms with E-state index < -0.39 is 0 Å². The average molecular weight is 378 g/mol. The van der Waals surface area contributed by atoms with Crippen molar-refractivity contribution < 1.29 is 14.3 Å². The van der Waals surface area contributed by atoms with Crippen molar-refractivity contribution in [3.8, 4) is 0 Å². The zero-order valence-corrected chi connectivity index (χ0v) is 16.3. The van der Waals surface area contributed by atoms with Crippen molar-refractivity contribution in [3.05, 3.63) is 35.4 Å². The zero-order chi connectivity index (χ0) is 18.5. The van der Waals surface area contributed by atoms with E-state index in [-0.39, 0.29) is 23.8 Å². The van der Waals surface area contributed by atoms with Gasteiger partial charge in [0, 0.05) is 46.4 Å². The molecular weight excluding hydrogens is 350 g/mol. The number of hydrogen-bond donors (Lipinski definition) is 0. The second-order valence-electron chi connectivity index (χ2n) is 6.82. The molecule has 0 aromatic heterocycles. The first-order valence-electron chi connectivity index (χ1n) is 9.05. The van der Waals surface area contributed by atoms with Gasteiger partial charge < -0.3 is 14.5 Å². The lowest BCUT2D eigenvalue weighted by Crippen LogP contribution is -2.51. The van der Waals surface area contributed by atoms with Gasteiger partial charge in [0.25, 0.3) is 0 Å². The monoisotopic (exact) mass is 377 g/mol. The van der Waals surface area contributed by atoms with Crippen LogP contribution in [0.4, 0.5) is 0 Å². The minimum atomic E-state index is 0.0535. The van der Waals surface area contributed by atoms with E-state index in [1.54, 1.807) is 18.9 Å². The first-order valence-corrected chi connectivity index (χ1v) is 10.1. The smallest absolute Gasteiger partial charge is 0.248 e. The number of carbonyl (C=O) groups is 2. The van der Waals surface area contributed by atoms with E-state index in [1.165, 1.54) is 11.1 Å². The Balaban J connectivity index is 1.52. The highest BCUT2D eigenvalue weighted by molar-refractivity contribution is 8.00. The Morgan fingerprint density at radius 2 is 2.00 bits per heavy atom. The Kier molecular flexibility index (Phi) is 6.56. The topological polar surface area (TPSA) is 53.1 Å². The summed E-state index contributed by atoms with van der Waals surface area (Å²) in [4.78, 5) is 30.4.